The predicted octanol–water partition coefficient (Wildman–Crippen LogP) is 4.44. The Kier molecular flexibility index (Phi) is 4.54. The van der Waals surface area contributed by atoms with E-state index in [9.17, 15) is 0 Å². The third-order valence-corrected chi connectivity index (χ3v) is 1.75. The number of hydrogen-bond acceptors (Lipinski definition) is 0. The van der Waals surface area contributed by atoms with Crippen molar-refractivity contribution < 1.29 is 0 Å². The summed E-state index contributed by atoms with van der Waals surface area (Å²) in [6.45, 7) is 12.4. The van der Waals surface area contributed by atoms with E-state index in [2.05, 4.69) is 55.4 Å². The summed E-state index contributed by atoms with van der Waals surface area (Å²) in [4.78, 5) is 0. The fraction of sp³-hybridized carbons (Fsp3) is 0.455. The van der Waals surface area contributed by atoms with Gasteiger partial charge in [-0.05, 0) is 24.0 Å². The predicted molar refractivity (Wildman–Crippen MR) is 60.4 cm³/mol. The minimum absolute atomic E-state index is 0.184. The lowest BCUT2D eigenvalue weighted by atomic mass is 9.86. The fourth-order valence-electron chi connectivity index (χ4n) is 0.863. The summed E-state index contributed by atoms with van der Waals surface area (Å²) >= 11 is 3.33. The molecule has 0 atom stereocenters. The average Bonchev–Trinajstić information content (AvgIpc) is 1.83. The van der Waals surface area contributed by atoms with E-state index in [1.165, 1.54) is 5.57 Å². The Morgan fingerprint density at radius 1 is 1.33 bits per heavy atom. The summed E-state index contributed by atoms with van der Waals surface area (Å²) < 4.78 is 0.922. The van der Waals surface area contributed by atoms with Crippen molar-refractivity contribution in [2.24, 2.45) is 5.41 Å². The first-order valence-electron chi connectivity index (χ1n) is 4.07. The van der Waals surface area contributed by atoms with E-state index >= 15 is 0 Å². The first kappa shape index (κ1) is 11.7. The van der Waals surface area contributed by atoms with Gasteiger partial charge < -0.3 is 0 Å². The molecule has 68 valence electrons. The van der Waals surface area contributed by atoms with Crippen molar-refractivity contribution in [3.8, 4) is 0 Å². The van der Waals surface area contributed by atoms with Gasteiger partial charge in [0.1, 0.15) is 0 Å². The summed E-state index contributed by atoms with van der Waals surface area (Å²) in [5.41, 5.74) is 1.47. The molecule has 0 rings (SSSR count). The molecule has 0 aliphatic rings. The van der Waals surface area contributed by atoms with Crippen LogP contribution in [0, 0.1) is 5.41 Å². The molecule has 0 unspecified atom stereocenters. The number of rotatable bonds is 2. The van der Waals surface area contributed by atoms with Crippen LogP contribution in [0.5, 0.6) is 0 Å². The molecule has 0 aliphatic heterocycles. The highest BCUT2D eigenvalue weighted by atomic mass is 79.9. The topological polar surface area (TPSA) is 0 Å². The van der Waals surface area contributed by atoms with Crippen LogP contribution in [0.4, 0.5) is 0 Å². The van der Waals surface area contributed by atoms with Gasteiger partial charge in [-0.15, -0.1) is 0 Å². The molecular formula is C11H17Br. The third-order valence-electron chi connectivity index (χ3n) is 1.52. The molecule has 0 aromatic heterocycles. The third kappa shape index (κ3) is 4.55. The lowest BCUT2D eigenvalue weighted by Gasteiger charge is -2.20. The van der Waals surface area contributed by atoms with Crippen LogP contribution in [-0.4, -0.2) is 0 Å². The van der Waals surface area contributed by atoms with Gasteiger partial charge in [-0.1, -0.05) is 55.4 Å². The van der Waals surface area contributed by atoms with Crippen LogP contribution in [0.1, 0.15) is 27.7 Å². The zero-order chi connectivity index (χ0) is 9.78. The Labute approximate surface area is 84.2 Å². The maximum atomic E-state index is 3.80. The fourth-order valence-corrected chi connectivity index (χ4v) is 1.11. The monoisotopic (exact) mass is 228 g/mol. The molecule has 0 N–H and O–H groups in total. The SMILES string of the molecule is C=C(Br)/C=C(\C=C/C)C(C)(C)C. The van der Waals surface area contributed by atoms with Crippen LogP contribution < -0.4 is 0 Å². The first-order chi connectivity index (χ1) is 5.38. The number of halogens is 1. The molecule has 0 amide bonds. The lowest BCUT2D eigenvalue weighted by Crippen LogP contribution is -2.07. The van der Waals surface area contributed by atoms with E-state index in [1.807, 2.05) is 13.0 Å². The molecule has 0 spiro atoms. The van der Waals surface area contributed by atoms with E-state index in [0.717, 1.165) is 4.48 Å². The van der Waals surface area contributed by atoms with Gasteiger partial charge in [-0.25, -0.2) is 0 Å². The quantitative estimate of drug-likeness (QED) is 0.614. The molecule has 0 nitrogen and oxygen atoms in total. The van der Waals surface area contributed by atoms with Gasteiger partial charge >= 0.3 is 0 Å². The second-order valence-electron chi connectivity index (χ2n) is 3.80. The highest BCUT2D eigenvalue weighted by Gasteiger charge is 2.13. The summed E-state index contributed by atoms with van der Waals surface area (Å²) in [6, 6.07) is 0. The highest BCUT2D eigenvalue weighted by molar-refractivity contribution is 9.11. The minimum atomic E-state index is 0.184. The van der Waals surface area contributed by atoms with Gasteiger partial charge in [0, 0.05) is 4.48 Å². The number of hydrogen-bond donors (Lipinski definition) is 0. The van der Waals surface area contributed by atoms with E-state index in [4.69, 9.17) is 0 Å². The molecule has 0 bridgehead atoms. The molecule has 12 heavy (non-hydrogen) atoms. The Bertz CT molecular complexity index is 214. The Balaban J connectivity index is 4.80. The van der Waals surface area contributed by atoms with E-state index in [-0.39, 0.29) is 5.41 Å². The van der Waals surface area contributed by atoms with Crippen molar-refractivity contribution in [1.82, 2.24) is 0 Å². The molecule has 0 aromatic rings. The molecule has 0 saturated carbocycles. The highest BCUT2D eigenvalue weighted by Crippen LogP contribution is 2.28. The van der Waals surface area contributed by atoms with Gasteiger partial charge in [0.2, 0.25) is 0 Å². The molecule has 0 radical (unpaired) electrons. The molecule has 0 heterocycles. The molecule has 0 aliphatic carbocycles. The van der Waals surface area contributed by atoms with Crippen molar-refractivity contribution in [3.63, 3.8) is 0 Å². The summed E-state index contributed by atoms with van der Waals surface area (Å²) in [5.74, 6) is 0. The van der Waals surface area contributed by atoms with Crippen LogP contribution in [0.15, 0.2) is 34.9 Å². The van der Waals surface area contributed by atoms with Gasteiger partial charge in [0.25, 0.3) is 0 Å². The molecule has 1 heteroatoms. The zero-order valence-corrected chi connectivity index (χ0v) is 9.90. The Morgan fingerprint density at radius 2 is 1.83 bits per heavy atom. The van der Waals surface area contributed by atoms with Crippen molar-refractivity contribution in [3.05, 3.63) is 34.9 Å². The van der Waals surface area contributed by atoms with Crippen molar-refractivity contribution in [1.29, 1.82) is 0 Å². The lowest BCUT2D eigenvalue weighted by molar-refractivity contribution is 0.517. The van der Waals surface area contributed by atoms with Gasteiger partial charge in [0.15, 0.2) is 0 Å². The van der Waals surface area contributed by atoms with E-state index < -0.39 is 0 Å². The standard InChI is InChI=1S/C11H17Br/c1-6-7-10(8-9(2)12)11(3,4)5/h6-8H,2H2,1,3-5H3/b7-6-,10-8+. The second-order valence-corrected chi connectivity index (χ2v) is 4.82. The summed E-state index contributed by atoms with van der Waals surface area (Å²) in [7, 11) is 0. The normalized spacial score (nSPS) is 13.9. The molecule has 0 aromatic carbocycles. The average molecular weight is 229 g/mol. The van der Waals surface area contributed by atoms with Crippen LogP contribution in [-0.2, 0) is 0 Å². The van der Waals surface area contributed by atoms with Crippen LogP contribution >= 0.6 is 15.9 Å². The minimum Gasteiger partial charge on any atom is -0.0874 e. The van der Waals surface area contributed by atoms with Crippen LogP contribution in [0.2, 0.25) is 0 Å². The maximum Gasteiger partial charge on any atom is 0.0106 e. The number of allylic oxidation sites excluding steroid dienone is 5. The second kappa shape index (κ2) is 4.66. The molecule has 0 saturated heterocycles. The van der Waals surface area contributed by atoms with Crippen LogP contribution in [0.25, 0.3) is 0 Å². The van der Waals surface area contributed by atoms with Gasteiger partial charge in [-0.3, -0.25) is 0 Å². The van der Waals surface area contributed by atoms with Crippen molar-refractivity contribution in [2.45, 2.75) is 27.7 Å². The summed E-state index contributed by atoms with van der Waals surface area (Å²) in [6.07, 6.45) is 6.22. The smallest absolute Gasteiger partial charge is 0.0106 e. The van der Waals surface area contributed by atoms with Gasteiger partial charge in [0.05, 0.1) is 0 Å². The van der Waals surface area contributed by atoms with E-state index in [0.29, 0.717) is 0 Å². The first-order valence-corrected chi connectivity index (χ1v) is 4.86. The van der Waals surface area contributed by atoms with Crippen molar-refractivity contribution in [2.75, 3.05) is 0 Å². The largest absolute Gasteiger partial charge is 0.0874 e. The Hall–Kier alpha value is -0.300. The molecular weight excluding hydrogens is 212 g/mol. The van der Waals surface area contributed by atoms with Crippen LogP contribution in [0.3, 0.4) is 0 Å². The van der Waals surface area contributed by atoms with Crippen molar-refractivity contribution >= 4 is 15.9 Å². The van der Waals surface area contributed by atoms with E-state index in [1.54, 1.807) is 0 Å². The molecule has 0 fully saturated rings. The zero-order valence-electron chi connectivity index (χ0n) is 8.32. The Morgan fingerprint density at radius 3 is 2.08 bits per heavy atom. The maximum absolute atomic E-state index is 3.80. The summed E-state index contributed by atoms with van der Waals surface area (Å²) in [5, 5.41) is 0. The van der Waals surface area contributed by atoms with Gasteiger partial charge in [-0.2, -0.15) is 0 Å².